The molecule has 4 aromatic carbocycles. The van der Waals surface area contributed by atoms with Crippen LogP contribution in [0.4, 0.5) is 0 Å². The predicted octanol–water partition coefficient (Wildman–Crippen LogP) is 7.25. The fourth-order valence-electron chi connectivity index (χ4n) is 6.59. The van der Waals surface area contributed by atoms with Crippen molar-refractivity contribution in [2.75, 3.05) is 20.8 Å². The van der Waals surface area contributed by atoms with E-state index in [9.17, 15) is 9.59 Å². The molecule has 0 fully saturated rings. The third-order valence-electron chi connectivity index (χ3n) is 8.98. The Morgan fingerprint density at radius 2 is 1.55 bits per heavy atom. The monoisotopic (exact) mass is 695 g/mol. The third-order valence-corrected chi connectivity index (χ3v) is 9.96. The molecule has 0 bridgehead atoms. The number of nitrogens with zero attached hydrogens (tertiary/aromatic N) is 3. The molecule has 0 saturated carbocycles. The van der Waals surface area contributed by atoms with Crippen molar-refractivity contribution in [2.45, 2.75) is 26.8 Å². The molecule has 1 aliphatic rings. The smallest absolute Gasteiger partial charge is 0.338 e. The zero-order valence-corrected chi connectivity index (χ0v) is 29.9. The number of aromatic nitrogens is 2. The highest BCUT2D eigenvalue weighted by Crippen LogP contribution is 2.39. The first-order valence-corrected chi connectivity index (χ1v) is 17.5. The lowest BCUT2D eigenvalue weighted by Crippen LogP contribution is -2.40. The van der Waals surface area contributed by atoms with Gasteiger partial charge in [-0.3, -0.25) is 9.36 Å². The van der Waals surface area contributed by atoms with Crippen LogP contribution in [0.1, 0.15) is 36.6 Å². The van der Waals surface area contributed by atoms with Crippen molar-refractivity contribution in [2.24, 2.45) is 4.99 Å². The minimum atomic E-state index is -0.839. The first-order chi connectivity index (χ1) is 24.8. The van der Waals surface area contributed by atoms with Gasteiger partial charge in [0, 0.05) is 22.9 Å². The summed E-state index contributed by atoms with van der Waals surface area (Å²) in [5.41, 5.74) is 8.09. The number of methoxy groups -OCH3 is 2. The lowest BCUT2D eigenvalue weighted by molar-refractivity contribution is -0.139. The van der Waals surface area contributed by atoms with Crippen LogP contribution in [0, 0.1) is 6.92 Å². The molecule has 0 saturated heterocycles. The van der Waals surface area contributed by atoms with Crippen molar-refractivity contribution in [3.8, 4) is 39.7 Å². The minimum absolute atomic E-state index is 0.177. The highest BCUT2D eigenvalue weighted by atomic mass is 32.1. The third kappa shape index (κ3) is 6.21. The van der Waals surface area contributed by atoms with Crippen LogP contribution in [0.25, 0.3) is 34.3 Å². The number of benzene rings is 4. The second-order valence-corrected chi connectivity index (χ2v) is 13.2. The Bertz CT molecular complexity index is 2460. The van der Waals surface area contributed by atoms with E-state index in [0.29, 0.717) is 32.1 Å². The highest BCUT2D eigenvalue weighted by molar-refractivity contribution is 7.07. The van der Waals surface area contributed by atoms with Crippen molar-refractivity contribution in [3.63, 3.8) is 0 Å². The molecular formula is C42H37N3O5S. The number of rotatable bonds is 9. The zero-order valence-electron chi connectivity index (χ0n) is 29.0. The summed E-state index contributed by atoms with van der Waals surface area (Å²) in [7, 11) is 3.13. The molecule has 2 aromatic heterocycles. The molecule has 1 aliphatic heterocycles. The summed E-state index contributed by atoms with van der Waals surface area (Å²) >= 11 is 1.29. The molecular weight excluding hydrogens is 659 g/mol. The van der Waals surface area contributed by atoms with Gasteiger partial charge in [-0.25, -0.2) is 9.79 Å². The lowest BCUT2D eigenvalue weighted by Gasteiger charge is -2.26. The lowest BCUT2D eigenvalue weighted by atomic mass is 9.95. The van der Waals surface area contributed by atoms with Crippen LogP contribution in [-0.4, -0.2) is 35.9 Å². The SMILES string of the molecule is CCOC(=O)C1=C(C)N=c2s/c(=C\c3cc(-c4ccccc4)n(-c4ccc(C)cc4)c3-c3ccccc3)c(=O)n2[C@H]1c1ccc(OC)cc1OC. The van der Waals surface area contributed by atoms with Crippen LogP contribution in [0.5, 0.6) is 11.5 Å². The Hall–Kier alpha value is -5.93. The van der Waals surface area contributed by atoms with Crippen molar-refractivity contribution >= 4 is 23.4 Å². The fourth-order valence-corrected chi connectivity index (χ4v) is 7.62. The number of carbonyl (C=O) groups excluding carboxylic acids is 1. The van der Waals surface area contributed by atoms with Crippen LogP contribution in [-0.2, 0) is 9.53 Å². The maximum absolute atomic E-state index is 14.7. The largest absolute Gasteiger partial charge is 0.497 e. The Morgan fingerprint density at radius 1 is 0.863 bits per heavy atom. The molecule has 0 unspecified atom stereocenters. The number of hydrogen-bond donors (Lipinski definition) is 0. The maximum atomic E-state index is 14.7. The molecule has 51 heavy (non-hydrogen) atoms. The quantitative estimate of drug-likeness (QED) is 0.149. The number of allylic oxidation sites excluding steroid dienone is 1. The average Bonchev–Trinajstić information content (AvgIpc) is 3.68. The van der Waals surface area contributed by atoms with Gasteiger partial charge in [-0.2, -0.15) is 0 Å². The Kier molecular flexibility index (Phi) is 9.30. The zero-order chi connectivity index (χ0) is 35.6. The number of esters is 1. The molecule has 6 aromatic rings. The average molecular weight is 696 g/mol. The normalized spacial score (nSPS) is 14.2. The maximum Gasteiger partial charge on any atom is 0.338 e. The Balaban J connectivity index is 1.52. The van der Waals surface area contributed by atoms with Gasteiger partial charge in [-0.15, -0.1) is 0 Å². The summed E-state index contributed by atoms with van der Waals surface area (Å²) in [6.07, 6.45) is 1.94. The van der Waals surface area contributed by atoms with E-state index in [-0.39, 0.29) is 17.7 Å². The van der Waals surface area contributed by atoms with E-state index in [0.717, 1.165) is 39.3 Å². The van der Waals surface area contributed by atoms with Crippen molar-refractivity contribution in [3.05, 3.63) is 157 Å². The van der Waals surface area contributed by atoms with Crippen molar-refractivity contribution in [1.82, 2.24) is 9.13 Å². The standard InChI is InChI=1S/C42H37N3O5S/c1-6-50-41(47)37-27(3)43-42-45(39(37)33-22-21-32(48-4)25-35(33)49-5)40(46)36(51-42)24-30-23-34(28-13-9-7-10-14-28)44(31-19-17-26(2)18-20-31)38(30)29-15-11-8-12-16-29/h7-25,39H,6H2,1-5H3/b36-24-/t39-/m0/s1. The van der Waals surface area contributed by atoms with Crippen molar-refractivity contribution < 1.29 is 19.0 Å². The number of carbonyl (C=O) groups is 1. The molecule has 0 amide bonds. The van der Waals surface area contributed by atoms with Crippen LogP contribution >= 0.6 is 11.3 Å². The number of aryl methyl sites for hydroxylation is 1. The van der Waals surface area contributed by atoms with E-state index in [1.807, 2.05) is 48.5 Å². The summed E-state index contributed by atoms with van der Waals surface area (Å²) in [4.78, 5) is 33.5. The second kappa shape index (κ2) is 14.1. The molecule has 0 radical (unpaired) electrons. The van der Waals surface area contributed by atoms with Crippen molar-refractivity contribution in [1.29, 1.82) is 0 Å². The second-order valence-electron chi connectivity index (χ2n) is 12.1. The number of ether oxygens (including phenoxy) is 3. The van der Waals surface area contributed by atoms with Gasteiger partial charge >= 0.3 is 5.97 Å². The molecule has 0 N–H and O–H groups in total. The van der Waals surface area contributed by atoms with E-state index < -0.39 is 12.0 Å². The van der Waals surface area contributed by atoms with Gasteiger partial charge in [-0.05, 0) is 68.3 Å². The molecule has 8 nitrogen and oxygen atoms in total. The van der Waals surface area contributed by atoms with Crippen LogP contribution < -0.4 is 24.4 Å². The van der Waals surface area contributed by atoms with E-state index in [1.54, 1.807) is 44.8 Å². The fraction of sp³-hybridized carbons (Fsp3) is 0.167. The Labute approximate surface area is 299 Å². The van der Waals surface area contributed by atoms with Gasteiger partial charge in [0.25, 0.3) is 5.56 Å². The summed E-state index contributed by atoms with van der Waals surface area (Å²) in [5, 5.41) is 0. The molecule has 7 rings (SSSR count). The first kappa shape index (κ1) is 33.6. The summed E-state index contributed by atoms with van der Waals surface area (Å²) in [5.74, 6) is 0.520. The van der Waals surface area contributed by atoms with Crippen LogP contribution in [0.15, 0.2) is 130 Å². The van der Waals surface area contributed by atoms with E-state index in [2.05, 4.69) is 66.1 Å². The summed E-state index contributed by atoms with van der Waals surface area (Å²) in [6.45, 7) is 5.78. The van der Waals surface area contributed by atoms with E-state index in [4.69, 9.17) is 19.2 Å². The molecule has 256 valence electrons. The van der Waals surface area contributed by atoms with Gasteiger partial charge in [0.2, 0.25) is 0 Å². The minimum Gasteiger partial charge on any atom is -0.497 e. The predicted molar refractivity (Wildman–Crippen MR) is 201 cm³/mol. The molecule has 9 heteroatoms. The van der Waals surface area contributed by atoms with Crippen LogP contribution in [0.2, 0.25) is 0 Å². The van der Waals surface area contributed by atoms with Gasteiger partial charge < -0.3 is 18.8 Å². The summed E-state index contributed by atoms with van der Waals surface area (Å²) < 4.78 is 21.0. The van der Waals surface area contributed by atoms with Crippen LogP contribution in [0.3, 0.4) is 0 Å². The van der Waals surface area contributed by atoms with Gasteiger partial charge in [-0.1, -0.05) is 89.7 Å². The molecule has 0 aliphatic carbocycles. The Morgan fingerprint density at radius 3 is 2.20 bits per heavy atom. The van der Waals surface area contributed by atoms with E-state index >= 15 is 0 Å². The molecule has 3 heterocycles. The number of fused-ring (bicyclic) bond motifs is 1. The number of hydrogen-bond acceptors (Lipinski definition) is 7. The number of thiazole rings is 1. The highest BCUT2D eigenvalue weighted by Gasteiger charge is 2.35. The molecule has 0 spiro atoms. The van der Waals surface area contributed by atoms with Gasteiger partial charge in [0.1, 0.15) is 17.5 Å². The molecule has 1 atom stereocenters. The summed E-state index contributed by atoms with van der Waals surface area (Å²) in [6, 6.07) is 35.5. The first-order valence-electron chi connectivity index (χ1n) is 16.7. The van der Waals surface area contributed by atoms with Gasteiger partial charge in [0.15, 0.2) is 4.80 Å². The van der Waals surface area contributed by atoms with E-state index in [1.165, 1.54) is 11.3 Å². The topological polar surface area (TPSA) is 84.1 Å². The van der Waals surface area contributed by atoms with Gasteiger partial charge in [0.05, 0.1) is 48.0 Å².